The Bertz CT molecular complexity index is 432. The van der Waals surface area contributed by atoms with Crippen LogP contribution < -0.4 is 0 Å². The molecule has 18 heavy (non-hydrogen) atoms. The molecule has 0 spiro atoms. The summed E-state index contributed by atoms with van der Waals surface area (Å²) in [7, 11) is 0. The summed E-state index contributed by atoms with van der Waals surface area (Å²) < 4.78 is 37.8. The summed E-state index contributed by atoms with van der Waals surface area (Å²) in [6.45, 7) is 0. The molecule has 1 aromatic carbocycles. The summed E-state index contributed by atoms with van der Waals surface area (Å²) >= 11 is 8.70. The molecule has 100 valence electrons. The Labute approximate surface area is 116 Å². The fourth-order valence-electron chi connectivity index (χ4n) is 1.44. The summed E-state index contributed by atoms with van der Waals surface area (Å²) in [5.74, 6) is -0.293. The standard InChI is InChI=1S/C12H11BrClF3O/c13-6-2-1-3-11(18)8-4-5-10(14)9(7-8)12(15,16)17/h4-5,7H,1-3,6H2. The number of hydrogen-bond acceptors (Lipinski definition) is 1. The number of unbranched alkanes of at least 4 members (excludes halogenated alkanes) is 1. The molecule has 0 aromatic heterocycles. The molecule has 0 radical (unpaired) electrons. The largest absolute Gasteiger partial charge is 0.417 e. The molecule has 0 aliphatic carbocycles. The van der Waals surface area contributed by atoms with Crippen molar-refractivity contribution < 1.29 is 18.0 Å². The fourth-order valence-corrected chi connectivity index (χ4v) is 2.06. The highest BCUT2D eigenvalue weighted by atomic mass is 79.9. The molecule has 0 fully saturated rings. The maximum Gasteiger partial charge on any atom is 0.417 e. The number of benzene rings is 1. The van der Waals surface area contributed by atoms with Crippen LogP contribution >= 0.6 is 27.5 Å². The molecule has 1 aromatic rings. The zero-order valence-electron chi connectivity index (χ0n) is 9.36. The van der Waals surface area contributed by atoms with Gasteiger partial charge in [-0.15, -0.1) is 0 Å². The number of hydrogen-bond donors (Lipinski definition) is 0. The molecule has 0 aliphatic heterocycles. The Morgan fingerprint density at radius 3 is 2.50 bits per heavy atom. The minimum absolute atomic E-state index is 0.0568. The van der Waals surface area contributed by atoms with E-state index in [1.807, 2.05) is 0 Å². The maximum atomic E-state index is 12.6. The Balaban J connectivity index is 2.88. The normalized spacial score (nSPS) is 11.6. The molecule has 0 aliphatic rings. The van der Waals surface area contributed by atoms with Gasteiger partial charge in [0.1, 0.15) is 0 Å². The first-order valence-electron chi connectivity index (χ1n) is 5.32. The first-order valence-corrected chi connectivity index (χ1v) is 6.82. The van der Waals surface area contributed by atoms with Crippen LogP contribution in [0.4, 0.5) is 13.2 Å². The first kappa shape index (κ1) is 15.5. The van der Waals surface area contributed by atoms with Gasteiger partial charge < -0.3 is 0 Å². The number of ketones is 1. The third-order valence-electron chi connectivity index (χ3n) is 2.38. The lowest BCUT2D eigenvalue weighted by atomic mass is 10.0. The predicted molar refractivity (Wildman–Crippen MR) is 68.4 cm³/mol. The van der Waals surface area contributed by atoms with Crippen LogP contribution in [0.2, 0.25) is 5.02 Å². The van der Waals surface area contributed by atoms with Crippen molar-refractivity contribution in [3.63, 3.8) is 0 Å². The van der Waals surface area contributed by atoms with Gasteiger partial charge in [0.25, 0.3) is 0 Å². The molecule has 0 amide bonds. The Kier molecular flexibility index (Phi) is 5.66. The third kappa shape index (κ3) is 4.28. The van der Waals surface area contributed by atoms with E-state index >= 15 is 0 Å². The summed E-state index contributed by atoms with van der Waals surface area (Å²) in [4.78, 5) is 11.7. The monoisotopic (exact) mass is 342 g/mol. The van der Waals surface area contributed by atoms with E-state index in [-0.39, 0.29) is 22.8 Å². The van der Waals surface area contributed by atoms with Crippen molar-refractivity contribution in [2.75, 3.05) is 5.33 Å². The Morgan fingerprint density at radius 1 is 1.28 bits per heavy atom. The fraction of sp³-hybridized carbons (Fsp3) is 0.417. The van der Waals surface area contributed by atoms with E-state index in [0.29, 0.717) is 6.42 Å². The van der Waals surface area contributed by atoms with E-state index in [2.05, 4.69) is 15.9 Å². The van der Waals surface area contributed by atoms with Gasteiger partial charge in [0.05, 0.1) is 10.6 Å². The Hall–Kier alpha value is -0.550. The highest BCUT2D eigenvalue weighted by molar-refractivity contribution is 9.09. The lowest BCUT2D eigenvalue weighted by Crippen LogP contribution is -2.08. The van der Waals surface area contributed by atoms with Gasteiger partial charge in [-0.2, -0.15) is 13.2 Å². The molecule has 6 heteroatoms. The van der Waals surface area contributed by atoms with Crippen molar-refractivity contribution in [3.05, 3.63) is 34.3 Å². The topological polar surface area (TPSA) is 17.1 Å². The van der Waals surface area contributed by atoms with Crippen LogP contribution in [0.1, 0.15) is 35.2 Å². The van der Waals surface area contributed by atoms with Crippen molar-refractivity contribution >= 4 is 33.3 Å². The van der Waals surface area contributed by atoms with Gasteiger partial charge in [0.2, 0.25) is 0 Å². The van der Waals surface area contributed by atoms with Crippen LogP contribution in [0.25, 0.3) is 0 Å². The van der Waals surface area contributed by atoms with Crippen LogP contribution in [0, 0.1) is 0 Å². The maximum absolute atomic E-state index is 12.6. The van der Waals surface area contributed by atoms with Crippen molar-refractivity contribution in [3.8, 4) is 0 Å². The summed E-state index contributed by atoms with van der Waals surface area (Å²) in [5.41, 5.74) is -0.906. The SMILES string of the molecule is O=C(CCCCBr)c1ccc(Cl)c(C(F)(F)F)c1. The van der Waals surface area contributed by atoms with Crippen LogP contribution in [-0.2, 0) is 6.18 Å². The average molecular weight is 344 g/mol. The number of halogens is 5. The molecule has 1 nitrogen and oxygen atoms in total. The van der Waals surface area contributed by atoms with Crippen LogP contribution in [0.3, 0.4) is 0 Å². The zero-order chi connectivity index (χ0) is 13.8. The molecule has 1 rings (SSSR count). The molecule has 0 bridgehead atoms. The average Bonchev–Trinajstić information content (AvgIpc) is 2.28. The summed E-state index contributed by atoms with van der Waals surface area (Å²) in [6.07, 6.45) is -2.84. The quantitative estimate of drug-likeness (QED) is 0.413. The van der Waals surface area contributed by atoms with Gasteiger partial charge in [-0.1, -0.05) is 27.5 Å². The highest BCUT2D eigenvalue weighted by Crippen LogP contribution is 2.35. The van der Waals surface area contributed by atoms with Gasteiger partial charge in [0, 0.05) is 17.3 Å². The van der Waals surface area contributed by atoms with Crippen LogP contribution in [-0.4, -0.2) is 11.1 Å². The van der Waals surface area contributed by atoms with Gasteiger partial charge in [-0.3, -0.25) is 4.79 Å². The van der Waals surface area contributed by atoms with E-state index < -0.39 is 11.7 Å². The van der Waals surface area contributed by atoms with E-state index in [0.717, 1.165) is 23.9 Å². The van der Waals surface area contributed by atoms with E-state index in [9.17, 15) is 18.0 Å². The summed E-state index contributed by atoms with van der Waals surface area (Å²) in [6, 6.07) is 3.26. The van der Waals surface area contributed by atoms with Crippen LogP contribution in [0.15, 0.2) is 18.2 Å². The molecule has 0 saturated heterocycles. The number of carbonyl (C=O) groups excluding carboxylic acids is 1. The van der Waals surface area contributed by atoms with Crippen LogP contribution in [0.5, 0.6) is 0 Å². The van der Waals surface area contributed by atoms with Crippen molar-refractivity contribution in [2.45, 2.75) is 25.4 Å². The van der Waals surface area contributed by atoms with E-state index in [1.165, 1.54) is 6.07 Å². The molecule has 0 heterocycles. The molecular formula is C12H11BrClF3O. The van der Waals surface area contributed by atoms with Gasteiger partial charge >= 0.3 is 6.18 Å². The lowest BCUT2D eigenvalue weighted by molar-refractivity contribution is -0.137. The number of Topliss-reactive ketones (excluding diaryl/α,β-unsaturated/α-hetero) is 1. The van der Waals surface area contributed by atoms with Crippen molar-refractivity contribution in [1.82, 2.24) is 0 Å². The van der Waals surface area contributed by atoms with Gasteiger partial charge in [-0.05, 0) is 31.0 Å². The molecule has 0 unspecified atom stereocenters. The second-order valence-electron chi connectivity index (χ2n) is 3.76. The Morgan fingerprint density at radius 2 is 1.94 bits per heavy atom. The second-order valence-corrected chi connectivity index (χ2v) is 4.96. The van der Waals surface area contributed by atoms with E-state index in [1.54, 1.807) is 0 Å². The van der Waals surface area contributed by atoms with E-state index in [4.69, 9.17) is 11.6 Å². The van der Waals surface area contributed by atoms with Crippen molar-refractivity contribution in [1.29, 1.82) is 0 Å². The number of carbonyl (C=O) groups is 1. The molecule has 0 saturated carbocycles. The lowest BCUT2D eigenvalue weighted by Gasteiger charge is -2.10. The number of alkyl halides is 4. The highest BCUT2D eigenvalue weighted by Gasteiger charge is 2.33. The smallest absolute Gasteiger partial charge is 0.294 e. The zero-order valence-corrected chi connectivity index (χ0v) is 11.7. The minimum Gasteiger partial charge on any atom is -0.294 e. The van der Waals surface area contributed by atoms with Crippen molar-refractivity contribution in [2.24, 2.45) is 0 Å². The molecule has 0 atom stereocenters. The summed E-state index contributed by atoms with van der Waals surface area (Å²) in [5, 5.41) is 0.383. The molecule has 0 N–H and O–H groups in total. The van der Waals surface area contributed by atoms with Gasteiger partial charge in [-0.25, -0.2) is 0 Å². The second kappa shape index (κ2) is 6.57. The minimum atomic E-state index is -4.54. The predicted octanol–water partition coefficient (Wildman–Crippen LogP) is 5.11. The number of rotatable bonds is 5. The third-order valence-corrected chi connectivity index (χ3v) is 3.27. The first-order chi connectivity index (χ1) is 8.36. The van der Waals surface area contributed by atoms with Gasteiger partial charge in [0.15, 0.2) is 5.78 Å². The molecular weight excluding hydrogens is 332 g/mol.